The van der Waals surface area contributed by atoms with Gasteiger partial charge in [0.1, 0.15) is 5.75 Å². The van der Waals surface area contributed by atoms with E-state index >= 15 is 0 Å². The van der Waals surface area contributed by atoms with E-state index in [0.29, 0.717) is 27.1 Å². The Morgan fingerprint density at radius 1 is 0.893 bits per heavy atom. The fourth-order valence-electron chi connectivity index (χ4n) is 2.99. The van der Waals surface area contributed by atoms with Crippen LogP contribution in [0.15, 0.2) is 72.8 Å². The van der Waals surface area contributed by atoms with Gasteiger partial charge in [-0.15, -0.1) is 0 Å². The summed E-state index contributed by atoms with van der Waals surface area (Å²) in [5.74, 6) is -0.0180. The van der Waals surface area contributed by atoms with Crippen LogP contribution in [0.5, 0.6) is 5.75 Å². The molecule has 28 heavy (non-hydrogen) atoms. The van der Waals surface area contributed by atoms with Crippen LogP contribution in [0.4, 0.5) is 0 Å². The number of pyridine rings is 1. The minimum atomic E-state index is -0.449. The highest BCUT2D eigenvalue weighted by molar-refractivity contribution is 6.30. The number of aromatic nitrogens is 1. The first-order valence-corrected chi connectivity index (χ1v) is 9.41. The minimum Gasteiger partial charge on any atom is -0.423 e. The summed E-state index contributed by atoms with van der Waals surface area (Å²) in [6.07, 6.45) is 0. The molecule has 0 fully saturated rings. The highest BCUT2D eigenvalue weighted by atomic mass is 35.5. The lowest BCUT2D eigenvalue weighted by atomic mass is 10.0. The molecule has 4 rings (SSSR count). The van der Waals surface area contributed by atoms with Gasteiger partial charge in [-0.1, -0.05) is 53.5 Å². The van der Waals surface area contributed by atoms with E-state index in [1.54, 1.807) is 42.5 Å². The lowest BCUT2D eigenvalue weighted by Gasteiger charge is -2.11. The average Bonchev–Trinajstić information content (AvgIpc) is 2.70. The first kappa shape index (κ1) is 18.5. The number of nitrogens with zero attached hydrogens (tertiary/aromatic N) is 1. The van der Waals surface area contributed by atoms with Gasteiger partial charge in [0.25, 0.3) is 0 Å². The van der Waals surface area contributed by atoms with Gasteiger partial charge >= 0.3 is 5.97 Å². The van der Waals surface area contributed by atoms with E-state index in [4.69, 9.17) is 32.9 Å². The maximum atomic E-state index is 13.0. The molecule has 0 bridgehead atoms. The molecule has 4 aromatic rings. The molecule has 0 atom stereocenters. The zero-order valence-electron chi connectivity index (χ0n) is 14.9. The Balaban J connectivity index is 1.83. The zero-order valence-corrected chi connectivity index (χ0v) is 16.5. The topological polar surface area (TPSA) is 39.2 Å². The maximum Gasteiger partial charge on any atom is 0.344 e. The zero-order chi connectivity index (χ0) is 19.7. The second-order valence-electron chi connectivity index (χ2n) is 6.38. The number of fused-ring (bicyclic) bond motifs is 1. The van der Waals surface area contributed by atoms with Crippen molar-refractivity contribution in [2.75, 3.05) is 0 Å². The summed E-state index contributed by atoms with van der Waals surface area (Å²) >= 11 is 11.9. The van der Waals surface area contributed by atoms with Crippen LogP contribution in [-0.2, 0) is 0 Å². The van der Waals surface area contributed by atoms with Crippen LogP contribution in [0.1, 0.15) is 15.9 Å². The standard InChI is InChI=1S/C23H15Cl2NO2/c1-14-3-2-4-19-20(23(27)28-18-11-9-17(25)10-12-18)13-21(26-22(14)19)15-5-7-16(24)8-6-15/h2-13H,1H3. The third-order valence-electron chi connectivity index (χ3n) is 4.43. The predicted octanol–water partition coefficient (Wildman–Crippen LogP) is 6.74. The molecule has 0 amide bonds. The summed E-state index contributed by atoms with van der Waals surface area (Å²) in [7, 11) is 0. The van der Waals surface area contributed by atoms with Gasteiger partial charge in [-0.05, 0) is 55.0 Å². The summed E-state index contributed by atoms with van der Waals surface area (Å²) in [5, 5.41) is 1.97. The molecule has 0 unspecified atom stereocenters. The highest BCUT2D eigenvalue weighted by Crippen LogP contribution is 2.28. The van der Waals surface area contributed by atoms with Gasteiger partial charge in [0.05, 0.1) is 16.8 Å². The summed E-state index contributed by atoms with van der Waals surface area (Å²) in [5.41, 5.74) is 3.75. The highest BCUT2D eigenvalue weighted by Gasteiger charge is 2.17. The molecule has 0 saturated heterocycles. The molecule has 138 valence electrons. The molecule has 0 aliphatic carbocycles. The van der Waals surface area contributed by atoms with Crippen molar-refractivity contribution >= 4 is 40.1 Å². The molecule has 0 radical (unpaired) electrons. The molecule has 0 aliphatic heterocycles. The molecule has 3 aromatic carbocycles. The van der Waals surface area contributed by atoms with Gasteiger partial charge < -0.3 is 4.74 Å². The van der Waals surface area contributed by atoms with Crippen molar-refractivity contribution in [3.63, 3.8) is 0 Å². The van der Waals surface area contributed by atoms with E-state index in [-0.39, 0.29) is 0 Å². The Morgan fingerprint density at radius 3 is 2.21 bits per heavy atom. The summed E-state index contributed by atoms with van der Waals surface area (Å²) < 4.78 is 5.57. The van der Waals surface area contributed by atoms with Crippen LogP contribution < -0.4 is 4.74 Å². The van der Waals surface area contributed by atoms with Gasteiger partial charge in [0, 0.05) is 21.0 Å². The summed E-state index contributed by atoms with van der Waals surface area (Å²) in [4.78, 5) is 17.7. The minimum absolute atomic E-state index is 0.431. The van der Waals surface area contributed by atoms with Gasteiger partial charge in [-0.2, -0.15) is 0 Å². The average molecular weight is 408 g/mol. The fourth-order valence-corrected chi connectivity index (χ4v) is 3.25. The Hall–Kier alpha value is -2.88. The van der Waals surface area contributed by atoms with Crippen molar-refractivity contribution in [3.8, 4) is 17.0 Å². The van der Waals surface area contributed by atoms with Gasteiger partial charge in [-0.25, -0.2) is 9.78 Å². The number of hydrogen-bond acceptors (Lipinski definition) is 3. The van der Waals surface area contributed by atoms with E-state index < -0.39 is 5.97 Å². The largest absolute Gasteiger partial charge is 0.423 e. The molecule has 1 heterocycles. The van der Waals surface area contributed by atoms with Crippen LogP contribution in [0.3, 0.4) is 0 Å². The Labute approximate surface area is 172 Å². The van der Waals surface area contributed by atoms with Crippen LogP contribution in [0, 0.1) is 6.92 Å². The molecule has 0 spiro atoms. The SMILES string of the molecule is Cc1cccc2c(C(=O)Oc3ccc(Cl)cc3)cc(-c3ccc(Cl)cc3)nc12. The number of esters is 1. The number of benzene rings is 3. The second kappa shape index (κ2) is 7.63. The predicted molar refractivity (Wildman–Crippen MR) is 113 cm³/mol. The van der Waals surface area contributed by atoms with Crippen LogP contribution in [-0.4, -0.2) is 11.0 Å². The molecular formula is C23H15Cl2NO2. The molecule has 5 heteroatoms. The number of aryl methyl sites for hydroxylation is 1. The first-order chi connectivity index (χ1) is 13.5. The van der Waals surface area contributed by atoms with Crippen molar-refractivity contribution < 1.29 is 9.53 Å². The molecule has 0 aliphatic rings. The molecular weight excluding hydrogens is 393 g/mol. The molecule has 0 N–H and O–H groups in total. The number of carbonyl (C=O) groups excluding carboxylic acids is 1. The molecule has 0 saturated carbocycles. The van der Waals surface area contributed by atoms with Crippen LogP contribution in [0.2, 0.25) is 10.0 Å². The van der Waals surface area contributed by atoms with E-state index in [1.807, 2.05) is 37.3 Å². The number of rotatable bonds is 3. The maximum absolute atomic E-state index is 13.0. The van der Waals surface area contributed by atoms with E-state index in [0.717, 1.165) is 22.0 Å². The van der Waals surface area contributed by atoms with Crippen molar-refractivity contribution in [1.29, 1.82) is 0 Å². The van der Waals surface area contributed by atoms with Gasteiger partial charge in [0.15, 0.2) is 0 Å². The van der Waals surface area contributed by atoms with Crippen LogP contribution in [0.25, 0.3) is 22.2 Å². The summed E-state index contributed by atoms with van der Waals surface area (Å²) in [6, 6.07) is 21.5. The van der Waals surface area contributed by atoms with Crippen molar-refractivity contribution in [1.82, 2.24) is 4.98 Å². The fraction of sp³-hybridized carbons (Fsp3) is 0.0435. The smallest absolute Gasteiger partial charge is 0.344 e. The third kappa shape index (κ3) is 3.72. The first-order valence-electron chi connectivity index (χ1n) is 8.65. The lowest BCUT2D eigenvalue weighted by Crippen LogP contribution is -2.10. The number of carbonyl (C=O) groups is 1. The lowest BCUT2D eigenvalue weighted by molar-refractivity contribution is 0.0737. The van der Waals surface area contributed by atoms with Crippen molar-refractivity contribution in [3.05, 3.63) is 94.0 Å². The second-order valence-corrected chi connectivity index (χ2v) is 7.25. The summed E-state index contributed by atoms with van der Waals surface area (Å²) in [6.45, 7) is 1.97. The molecule has 1 aromatic heterocycles. The number of para-hydroxylation sites is 1. The third-order valence-corrected chi connectivity index (χ3v) is 4.93. The van der Waals surface area contributed by atoms with E-state index in [9.17, 15) is 4.79 Å². The quantitative estimate of drug-likeness (QED) is 0.279. The number of halogens is 2. The Morgan fingerprint density at radius 2 is 1.54 bits per heavy atom. The van der Waals surface area contributed by atoms with E-state index in [1.165, 1.54) is 0 Å². The van der Waals surface area contributed by atoms with Gasteiger partial charge in [0.2, 0.25) is 0 Å². The number of hydrogen-bond donors (Lipinski definition) is 0. The van der Waals surface area contributed by atoms with E-state index in [2.05, 4.69) is 0 Å². The Bertz CT molecular complexity index is 1170. The Kier molecular flexibility index (Phi) is 5.03. The molecule has 3 nitrogen and oxygen atoms in total. The van der Waals surface area contributed by atoms with Crippen molar-refractivity contribution in [2.24, 2.45) is 0 Å². The van der Waals surface area contributed by atoms with Crippen molar-refractivity contribution in [2.45, 2.75) is 6.92 Å². The number of ether oxygens (including phenoxy) is 1. The van der Waals surface area contributed by atoms with Gasteiger partial charge in [-0.3, -0.25) is 0 Å². The van der Waals surface area contributed by atoms with Crippen LogP contribution >= 0.6 is 23.2 Å². The monoisotopic (exact) mass is 407 g/mol. The normalized spacial score (nSPS) is 10.8.